The van der Waals surface area contributed by atoms with E-state index in [1.54, 1.807) is 18.2 Å². The van der Waals surface area contributed by atoms with Crippen LogP contribution in [-0.4, -0.2) is 18.1 Å². The third-order valence-corrected chi connectivity index (χ3v) is 4.75. The van der Waals surface area contributed by atoms with Crippen molar-refractivity contribution in [3.63, 3.8) is 0 Å². The second-order valence-electron chi connectivity index (χ2n) is 5.78. The minimum absolute atomic E-state index is 0.0441. The number of carbonyl (C=O) groups excluding carboxylic acids is 1. The molecule has 1 saturated carbocycles. The zero-order valence-corrected chi connectivity index (χ0v) is 14.4. The average Bonchev–Trinajstić information content (AvgIpc) is 3.35. The molecule has 23 heavy (non-hydrogen) atoms. The maximum absolute atomic E-state index is 12.6. The van der Waals surface area contributed by atoms with E-state index in [1.165, 1.54) is 7.11 Å². The molecule has 1 fully saturated rings. The van der Waals surface area contributed by atoms with Crippen LogP contribution >= 0.6 is 15.9 Å². The fraction of sp³-hybridized carbons (Fsp3) is 0.278. The van der Waals surface area contributed by atoms with Crippen LogP contribution in [0.15, 0.2) is 46.9 Å². The molecule has 120 valence electrons. The molecule has 1 amide bonds. The number of hydrogen-bond acceptors (Lipinski definition) is 3. The Morgan fingerprint density at radius 3 is 2.74 bits per heavy atom. The number of amides is 1. The molecule has 0 bridgehead atoms. The highest BCUT2D eigenvalue weighted by Crippen LogP contribution is 2.48. The van der Waals surface area contributed by atoms with Crippen LogP contribution in [0.1, 0.15) is 24.0 Å². The highest BCUT2D eigenvalue weighted by atomic mass is 79.9. The summed E-state index contributed by atoms with van der Waals surface area (Å²) in [5.74, 6) is 0.544. The summed E-state index contributed by atoms with van der Waals surface area (Å²) in [7, 11) is 1.50. The fourth-order valence-corrected chi connectivity index (χ4v) is 3.14. The molecule has 3 rings (SSSR count). The Balaban J connectivity index is 1.70. The Hall–Kier alpha value is -2.01. The summed E-state index contributed by atoms with van der Waals surface area (Å²) in [5, 5.41) is 12.6. The van der Waals surface area contributed by atoms with Crippen LogP contribution in [0.4, 0.5) is 0 Å². The third-order valence-electron chi connectivity index (χ3n) is 4.26. The van der Waals surface area contributed by atoms with Crippen LogP contribution < -0.4 is 10.1 Å². The van der Waals surface area contributed by atoms with Gasteiger partial charge >= 0.3 is 0 Å². The lowest BCUT2D eigenvalue weighted by Gasteiger charge is -2.16. The van der Waals surface area contributed by atoms with E-state index in [0.29, 0.717) is 12.3 Å². The summed E-state index contributed by atoms with van der Waals surface area (Å²) >= 11 is 3.46. The summed E-state index contributed by atoms with van der Waals surface area (Å²) in [5.41, 5.74) is 1.54. The first-order valence-electron chi connectivity index (χ1n) is 7.45. The number of carbonyl (C=O) groups is 1. The number of rotatable bonds is 5. The molecule has 0 radical (unpaired) electrons. The summed E-state index contributed by atoms with van der Waals surface area (Å²) in [6.07, 6.45) is 1.74. The summed E-state index contributed by atoms with van der Waals surface area (Å²) in [6, 6.07) is 13.0. The Morgan fingerprint density at radius 2 is 2.09 bits per heavy atom. The predicted octanol–water partition coefficient (Wildman–Crippen LogP) is 3.51. The van der Waals surface area contributed by atoms with Crippen LogP contribution in [0.25, 0.3) is 0 Å². The molecule has 0 aliphatic heterocycles. The van der Waals surface area contributed by atoms with Crippen LogP contribution in [0.5, 0.6) is 11.5 Å². The number of methoxy groups -OCH3 is 1. The zero-order valence-electron chi connectivity index (χ0n) is 12.8. The van der Waals surface area contributed by atoms with Gasteiger partial charge < -0.3 is 15.2 Å². The van der Waals surface area contributed by atoms with E-state index in [0.717, 1.165) is 28.4 Å². The topological polar surface area (TPSA) is 58.6 Å². The monoisotopic (exact) mass is 375 g/mol. The molecule has 0 aromatic heterocycles. The number of ether oxygens (including phenoxy) is 1. The molecule has 1 aliphatic carbocycles. The van der Waals surface area contributed by atoms with Gasteiger partial charge in [0.15, 0.2) is 11.5 Å². The number of nitrogens with one attached hydrogen (secondary N) is 1. The fourth-order valence-electron chi connectivity index (χ4n) is 2.74. The smallest absolute Gasteiger partial charge is 0.230 e. The van der Waals surface area contributed by atoms with Crippen LogP contribution in [0.3, 0.4) is 0 Å². The molecule has 0 saturated heterocycles. The number of phenolic OH excluding ortho intramolecular Hbond substituents is 1. The summed E-state index contributed by atoms with van der Waals surface area (Å²) in [6.45, 7) is 0.408. The van der Waals surface area contributed by atoms with E-state index in [9.17, 15) is 9.90 Å². The summed E-state index contributed by atoms with van der Waals surface area (Å²) < 4.78 is 6.07. The molecule has 0 heterocycles. The van der Waals surface area contributed by atoms with E-state index in [4.69, 9.17) is 4.74 Å². The van der Waals surface area contributed by atoms with Crippen molar-refractivity contribution in [2.45, 2.75) is 24.8 Å². The second kappa shape index (κ2) is 6.24. The second-order valence-corrected chi connectivity index (χ2v) is 6.70. The van der Waals surface area contributed by atoms with E-state index >= 15 is 0 Å². The molecule has 2 aromatic carbocycles. The molecule has 2 aromatic rings. The quantitative estimate of drug-likeness (QED) is 0.840. The van der Waals surface area contributed by atoms with Gasteiger partial charge in [0.1, 0.15) is 0 Å². The van der Waals surface area contributed by atoms with Crippen molar-refractivity contribution >= 4 is 21.8 Å². The predicted molar refractivity (Wildman–Crippen MR) is 91.6 cm³/mol. The molecule has 1 aliphatic rings. The zero-order chi connectivity index (χ0) is 16.4. The lowest BCUT2D eigenvalue weighted by molar-refractivity contribution is -0.123. The SMILES string of the molecule is COc1cc(CNC(=O)C2(c3cccc(Br)c3)CC2)ccc1O. The van der Waals surface area contributed by atoms with Gasteiger partial charge in [-0.3, -0.25) is 4.79 Å². The number of benzene rings is 2. The largest absolute Gasteiger partial charge is 0.504 e. The minimum Gasteiger partial charge on any atom is -0.504 e. The van der Waals surface area contributed by atoms with Gasteiger partial charge in [-0.15, -0.1) is 0 Å². The maximum Gasteiger partial charge on any atom is 0.230 e. The van der Waals surface area contributed by atoms with Gasteiger partial charge in [-0.25, -0.2) is 0 Å². The van der Waals surface area contributed by atoms with Crippen molar-refractivity contribution in [1.29, 1.82) is 0 Å². The van der Waals surface area contributed by atoms with Gasteiger partial charge in [0.2, 0.25) is 5.91 Å². The van der Waals surface area contributed by atoms with Crippen LogP contribution in [0, 0.1) is 0 Å². The van der Waals surface area contributed by atoms with Crippen molar-refractivity contribution in [1.82, 2.24) is 5.32 Å². The molecule has 4 nitrogen and oxygen atoms in total. The summed E-state index contributed by atoms with van der Waals surface area (Å²) in [4.78, 5) is 12.6. The Kier molecular flexibility index (Phi) is 4.31. The Morgan fingerprint density at radius 1 is 1.30 bits per heavy atom. The Bertz CT molecular complexity index is 741. The highest BCUT2D eigenvalue weighted by Gasteiger charge is 2.51. The van der Waals surface area contributed by atoms with Gasteiger partial charge in [0.25, 0.3) is 0 Å². The Labute approximate surface area is 143 Å². The van der Waals surface area contributed by atoms with Gasteiger partial charge in [-0.2, -0.15) is 0 Å². The number of hydrogen-bond donors (Lipinski definition) is 2. The first-order valence-corrected chi connectivity index (χ1v) is 8.25. The van der Waals surface area contributed by atoms with Gasteiger partial charge in [-0.05, 0) is 48.2 Å². The standard InChI is InChI=1S/C18H18BrNO3/c1-23-16-9-12(5-6-15(16)21)11-20-17(22)18(7-8-18)13-3-2-4-14(19)10-13/h2-6,9-10,21H,7-8,11H2,1H3,(H,20,22). The molecule has 0 unspecified atom stereocenters. The van der Waals surface area contributed by atoms with Crippen molar-refractivity contribution in [2.75, 3.05) is 7.11 Å². The van der Waals surface area contributed by atoms with Gasteiger partial charge in [0, 0.05) is 11.0 Å². The lowest BCUT2D eigenvalue weighted by Crippen LogP contribution is -2.34. The van der Waals surface area contributed by atoms with E-state index < -0.39 is 5.41 Å². The van der Waals surface area contributed by atoms with Crippen molar-refractivity contribution in [3.05, 3.63) is 58.1 Å². The molecule has 5 heteroatoms. The first-order chi connectivity index (χ1) is 11.0. The average molecular weight is 376 g/mol. The van der Waals surface area contributed by atoms with Gasteiger partial charge in [-0.1, -0.05) is 34.1 Å². The van der Waals surface area contributed by atoms with E-state index in [-0.39, 0.29) is 11.7 Å². The molecule has 2 N–H and O–H groups in total. The van der Waals surface area contributed by atoms with E-state index in [2.05, 4.69) is 21.2 Å². The maximum atomic E-state index is 12.6. The minimum atomic E-state index is -0.398. The van der Waals surface area contributed by atoms with Crippen molar-refractivity contribution in [2.24, 2.45) is 0 Å². The molecule has 0 atom stereocenters. The molecular formula is C18H18BrNO3. The first kappa shape index (κ1) is 15.9. The normalized spacial score (nSPS) is 15.0. The van der Waals surface area contributed by atoms with Crippen LogP contribution in [-0.2, 0) is 16.8 Å². The van der Waals surface area contributed by atoms with E-state index in [1.807, 2.05) is 24.3 Å². The number of halogens is 1. The number of aromatic hydroxyl groups is 1. The molecular weight excluding hydrogens is 358 g/mol. The number of phenols is 1. The highest BCUT2D eigenvalue weighted by molar-refractivity contribution is 9.10. The lowest BCUT2D eigenvalue weighted by atomic mass is 9.95. The molecule has 0 spiro atoms. The van der Waals surface area contributed by atoms with Gasteiger partial charge in [0.05, 0.1) is 12.5 Å². The van der Waals surface area contributed by atoms with Crippen LogP contribution in [0.2, 0.25) is 0 Å². The van der Waals surface area contributed by atoms with Crippen molar-refractivity contribution < 1.29 is 14.6 Å². The third kappa shape index (κ3) is 3.20. The van der Waals surface area contributed by atoms with Crippen molar-refractivity contribution in [3.8, 4) is 11.5 Å².